The van der Waals surface area contributed by atoms with Crippen molar-refractivity contribution in [3.63, 3.8) is 0 Å². The number of rotatable bonds is 41. The number of carbonyl (C=O) groups excluding carboxylic acids is 3. The zero-order valence-electron chi connectivity index (χ0n) is 36.6. The van der Waals surface area contributed by atoms with Gasteiger partial charge in [-0.15, -0.1) is 0 Å². The van der Waals surface area contributed by atoms with Crippen LogP contribution in [-0.4, -0.2) is 37.2 Å². The van der Waals surface area contributed by atoms with E-state index in [0.29, 0.717) is 19.3 Å². The molecular formula is C50H86O6. The summed E-state index contributed by atoms with van der Waals surface area (Å²) in [5.74, 6) is -0.951. The van der Waals surface area contributed by atoms with Gasteiger partial charge in [0.05, 0.1) is 0 Å². The molecule has 1 unspecified atom stereocenters. The summed E-state index contributed by atoms with van der Waals surface area (Å²) in [4.78, 5) is 37.6. The standard InChI is InChI=1S/C50H86O6/c1-4-7-10-13-16-19-21-22-23-24-25-26-27-28-29-32-34-37-40-43-49(52)55-46-47(45-54-48(51)42-39-36-33-30-18-15-12-9-6-3)56-50(53)44-41-38-35-31-20-17-14-11-8-5-2/h9,12,14,16-19,21-22,30,47H,4-8,10-11,13,15,20,23-29,31-46H2,1-3H3/b12-9-,17-14-,19-16-,22-21-,30-18-. The lowest BCUT2D eigenvalue weighted by Gasteiger charge is -2.18. The monoisotopic (exact) mass is 783 g/mol. The molecule has 0 aliphatic rings. The van der Waals surface area contributed by atoms with Crippen LogP contribution in [0.3, 0.4) is 0 Å². The molecule has 322 valence electrons. The Kier molecular flexibility index (Phi) is 42.5. The molecule has 0 rings (SSSR count). The van der Waals surface area contributed by atoms with Crippen LogP contribution in [0.5, 0.6) is 0 Å². The van der Waals surface area contributed by atoms with Crippen molar-refractivity contribution >= 4 is 17.9 Å². The first-order valence-corrected chi connectivity index (χ1v) is 23.3. The van der Waals surface area contributed by atoms with Gasteiger partial charge in [-0.2, -0.15) is 0 Å². The summed E-state index contributed by atoms with van der Waals surface area (Å²) in [6.45, 7) is 6.38. The molecule has 0 heterocycles. The molecule has 0 spiro atoms. The topological polar surface area (TPSA) is 78.9 Å². The van der Waals surface area contributed by atoms with Crippen LogP contribution in [0.1, 0.15) is 220 Å². The largest absolute Gasteiger partial charge is 0.462 e. The number of ether oxygens (including phenoxy) is 3. The van der Waals surface area contributed by atoms with Crippen molar-refractivity contribution < 1.29 is 28.6 Å². The van der Waals surface area contributed by atoms with E-state index in [2.05, 4.69) is 81.5 Å². The molecule has 0 radical (unpaired) electrons. The highest BCUT2D eigenvalue weighted by Gasteiger charge is 2.19. The Morgan fingerprint density at radius 3 is 1.29 bits per heavy atom. The highest BCUT2D eigenvalue weighted by atomic mass is 16.6. The normalized spacial score (nSPS) is 12.6. The Balaban J connectivity index is 4.29. The molecule has 0 aromatic rings. The van der Waals surface area contributed by atoms with Crippen molar-refractivity contribution in [3.05, 3.63) is 60.8 Å². The van der Waals surface area contributed by atoms with Gasteiger partial charge in [0.1, 0.15) is 13.2 Å². The van der Waals surface area contributed by atoms with E-state index < -0.39 is 6.10 Å². The van der Waals surface area contributed by atoms with E-state index in [9.17, 15) is 14.4 Å². The van der Waals surface area contributed by atoms with Gasteiger partial charge < -0.3 is 14.2 Å². The number of carbonyl (C=O) groups is 3. The fraction of sp³-hybridized carbons (Fsp3) is 0.740. The molecule has 0 N–H and O–H groups in total. The minimum absolute atomic E-state index is 0.0913. The van der Waals surface area contributed by atoms with Gasteiger partial charge in [-0.1, -0.05) is 171 Å². The minimum Gasteiger partial charge on any atom is -0.462 e. The molecule has 0 fully saturated rings. The SMILES string of the molecule is CC/C=C\C/C=C\CCCCC(=O)OCC(COC(=O)CCCCCCCCCCCC/C=C\C=C/CCCCC)OC(=O)CCCCCC/C=C\CCCC. The van der Waals surface area contributed by atoms with Gasteiger partial charge in [0, 0.05) is 19.3 Å². The van der Waals surface area contributed by atoms with Gasteiger partial charge in [0.15, 0.2) is 6.10 Å². The van der Waals surface area contributed by atoms with Crippen molar-refractivity contribution in [2.24, 2.45) is 0 Å². The maximum atomic E-state index is 12.7. The van der Waals surface area contributed by atoms with E-state index in [1.54, 1.807) is 0 Å². The summed E-state index contributed by atoms with van der Waals surface area (Å²) >= 11 is 0. The van der Waals surface area contributed by atoms with E-state index in [1.807, 2.05) is 0 Å². The first kappa shape index (κ1) is 53.1. The van der Waals surface area contributed by atoms with Gasteiger partial charge in [-0.25, -0.2) is 0 Å². The van der Waals surface area contributed by atoms with Crippen molar-refractivity contribution in [1.29, 1.82) is 0 Å². The summed E-state index contributed by atoms with van der Waals surface area (Å²) in [5.41, 5.74) is 0. The maximum absolute atomic E-state index is 12.7. The number of allylic oxidation sites excluding steroid dienone is 10. The summed E-state index contributed by atoms with van der Waals surface area (Å²) in [6, 6.07) is 0. The van der Waals surface area contributed by atoms with Gasteiger partial charge in [0.2, 0.25) is 0 Å². The van der Waals surface area contributed by atoms with Crippen LogP contribution in [0.2, 0.25) is 0 Å². The lowest BCUT2D eigenvalue weighted by atomic mass is 10.1. The molecule has 56 heavy (non-hydrogen) atoms. The summed E-state index contributed by atoms with van der Waals surface area (Å²) < 4.78 is 16.6. The Morgan fingerprint density at radius 1 is 0.393 bits per heavy atom. The number of unbranched alkanes of at least 4 members (excludes halogenated alkanes) is 21. The molecule has 0 aliphatic carbocycles. The van der Waals surface area contributed by atoms with Crippen LogP contribution in [-0.2, 0) is 28.6 Å². The lowest BCUT2D eigenvalue weighted by Crippen LogP contribution is -2.30. The molecule has 1 atom stereocenters. The second kappa shape index (κ2) is 44.8. The Labute approximate surface area is 345 Å². The average Bonchev–Trinajstić information content (AvgIpc) is 3.19. The molecule has 6 heteroatoms. The fourth-order valence-corrected chi connectivity index (χ4v) is 6.21. The molecule has 0 saturated carbocycles. The predicted octanol–water partition coefficient (Wildman–Crippen LogP) is 14.9. The zero-order chi connectivity index (χ0) is 40.8. The van der Waals surface area contributed by atoms with Crippen LogP contribution in [0.25, 0.3) is 0 Å². The maximum Gasteiger partial charge on any atom is 0.306 e. The number of hydrogen-bond acceptors (Lipinski definition) is 6. The molecule has 0 bridgehead atoms. The molecule has 0 aromatic heterocycles. The van der Waals surface area contributed by atoms with E-state index >= 15 is 0 Å². The fourth-order valence-electron chi connectivity index (χ4n) is 6.21. The lowest BCUT2D eigenvalue weighted by molar-refractivity contribution is -0.167. The molecule has 0 aromatic carbocycles. The molecule has 0 saturated heterocycles. The third kappa shape index (κ3) is 42.3. The van der Waals surface area contributed by atoms with Crippen LogP contribution in [0, 0.1) is 0 Å². The number of esters is 3. The van der Waals surface area contributed by atoms with E-state index in [0.717, 1.165) is 89.9 Å². The van der Waals surface area contributed by atoms with Crippen LogP contribution >= 0.6 is 0 Å². The quantitative estimate of drug-likeness (QED) is 0.0202. The second-order valence-electron chi connectivity index (χ2n) is 15.3. The molecular weight excluding hydrogens is 697 g/mol. The van der Waals surface area contributed by atoms with Gasteiger partial charge in [0.25, 0.3) is 0 Å². The van der Waals surface area contributed by atoms with Crippen molar-refractivity contribution in [3.8, 4) is 0 Å². The number of hydrogen-bond donors (Lipinski definition) is 0. The van der Waals surface area contributed by atoms with Crippen molar-refractivity contribution in [2.75, 3.05) is 13.2 Å². The molecule has 0 amide bonds. The summed E-state index contributed by atoms with van der Waals surface area (Å²) in [5, 5.41) is 0. The highest BCUT2D eigenvalue weighted by molar-refractivity contribution is 5.71. The molecule has 6 nitrogen and oxygen atoms in total. The minimum atomic E-state index is -0.790. The third-order valence-corrected chi connectivity index (χ3v) is 9.75. The van der Waals surface area contributed by atoms with Gasteiger partial charge in [-0.05, 0) is 89.9 Å². The van der Waals surface area contributed by atoms with Crippen LogP contribution in [0.15, 0.2) is 60.8 Å². The molecule has 0 aliphatic heterocycles. The second-order valence-corrected chi connectivity index (χ2v) is 15.3. The third-order valence-electron chi connectivity index (χ3n) is 9.75. The first-order valence-electron chi connectivity index (χ1n) is 23.3. The van der Waals surface area contributed by atoms with Gasteiger partial charge in [-0.3, -0.25) is 14.4 Å². The highest BCUT2D eigenvalue weighted by Crippen LogP contribution is 2.14. The van der Waals surface area contributed by atoms with E-state index in [1.165, 1.54) is 89.9 Å². The zero-order valence-corrected chi connectivity index (χ0v) is 36.6. The smallest absolute Gasteiger partial charge is 0.306 e. The van der Waals surface area contributed by atoms with Gasteiger partial charge >= 0.3 is 17.9 Å². The Hall–Kier alpha value is -2.89. The van der Waals surface area contributed by atoms with Crippen molar-refractivity contribution in [2.45, 2.75) is 226 Å². The van der Waals surface area contributed by atoms with E-state index in [4.69, 9.17) is 14.2 Å². The summed E-state index contributed by atoms with van der Waals surface area (Å²) in [7, 11) is 0. The Bertz CT molecular complexity index is 1040. The average molecular weight is 783 g/mol. The van der Waals surface area contributed by atoms with Crippen LogP contribution < -0.4 is 0 Å². The Morgan fingerprint density at radius 2 is 0.768 bits per heavy atom. The summed E-state index contributed by atoms with van der Waals surface area (Å²) in [6.07, 6.45) is 53.6. The van der Waals surface area contributed by atoms with Crippen LogP contribution in [0.4, 0.5) is 0 Å². The predicted molar refractivity (Wildman–Crippen MR) is 238 cm³/mol. The van der Waals surface area contributed by atoms with E-state index in [-0.39, 0.29) is 31.1 Å². The first-order chi connectivity index (χ1) is 27.5. The van der Waals surface area contributed by atoms with Crippen molar-refractivity contribution in [1.82, 2.24) is 0 Å².